The van der Waals surface area contributed by atoms with Gasteiger partial charge >= 0.3 is 0 Å². The number of benzene rings is 2. The second-order valence-electron chi connectivity index (χ2n) is 4.88. The maximum absolute atomic E-state index is 13.6. The third-order valence-electron chi connectivity index (χ3n) is 3.41. The van der Waals surface area contributed by atoms with E-state index < -0.39 is 0 Å². The lowest BCUT2D eigenvalue weighted by Gasteiger charge is -2.16. The standard InChI is InChI=1S/C16H14FN3O/c1-20-10-18-19-16(20)15-8-13(17)5-6-14(15)12-4-2-3-11(7-12)9-21/h2-9,18H,10H2,1H3. The maximum Gasteiger partial charge on any atom is 0.157 e. The van der Waals surface area contributed by atoms with E-state index >= 15 is 0 Å². The first-order chi connectivity index (χ1) is 10.2. The smallest absolute Gasteiger partial charge is 0.157 e. The largest absolute Gasteiger partial charge is 0.339 e. The van der Waals surface area contributed by atoms with Crippen LogP contribution in [0.15, 0.2) is 47.6 Å². The molecular formula is C16H14FN3O. The highest BCUT2D eigenvalue weighted by Gasteiger charge is 2.19. The van der Waals surface area contributed by atoms with Crippen molar-refractivity contribution < 1.29 is 9.18 Å². The third kappa shape index (κ3) is 2.50. The minimum absolute atomic E-state index is 0.316. The van der Waals surface area contributed by atoms with Gasteiger partial charge in [-0.05, 0) is 29.3 Å². The average Bonchev–Trinajstić information content (AvgIpc) is 2.93. The predicted octanol–water partition coefficient (Wildman–Crippen LogP) is 2.46. The molecule has 21 heavy (non-hydrogen) atoms. The number of carbonyl (C=O) groups is 1. The number of carbonyl (C=O) groups excluding carboxylic acids is 1. The van der Waals surface area contributed by atoms with Crippen LogP contribution in [0.1, 0.15) is 15.9 Å². The lowest BCUT2D eigenvalue weighted by atomic mass is 9.97. The first kappa shape index (κ1) is 13.3. The van der Waals surface area contributed by atoms with Crippen LogP contribution < -0.4 is 5.43 Å². The number of hydrogen-bond donors (Lipinski definition) is 1. The number of amidine groups is 1. The van der Waals surface area contributed by atoms with Crippen LogP contribution in [0.4, 0.5) is 4.39 Å². The van der Waals surface area contributed by atoms with Crippen LogP contribution >= 0.6 is 0 Å². The fraction of sp³-hybridized carbons (Fsp3) is 0.125. The molecule has 1 heterocycles. The number of nitrogens with zero attached hydrogens (tertiary/aromatic N) is 2. The van der Waals surface area contributed by atoms with Gasteiger partial charge in [0.1, 0.15) is 18.8 Å². The zero-order valence-electron chi connectivity index (χ0n) is 11.5. The Morgan fingerprint density at radius 3 is 2.81 bits per heavy atom. The molecule has 0 aliphatic carbocycles. The van der Waals surface area contributed by atoms with E-state index in [1.165, 1.54) is 12.1 Å². The van der Waals surface area contributed by atoms with Crippen LogP contribution in [0.3, 0.4) is 0 Å². The summed E-state index contributed by atoms with van der Waals surface area (Å²) >= 11 is 0. The van der Waals surface area contributed by atoms with Crippen molar-refractivity contribution in [1.29, 1.82) is 0 Å². The van der Waals surface area contributed by atoms with Crippen LogP contribution in [0.2, 0.25) is 0 Å². The molecule has 0 aromatic heterocycles. The van der Waals surface area contributed by atoms with Crippen molar-refractivity contribution in [2.75, 3.05) is 13.7 Å². The lowest BCUT2D eigenvalue weighted by Crippen LogP contribution is -2.25. The van der Waals surface area contributed by atoms with Crippen molar-refractivity contribution in [3.63, 3.8) is 0 Å². The van der Waals surface area contributed by atoms with Gasteiger partial charge in [0.05, 0.1) is 0 Å². The molecule has 1 N–H and O–H groups in total. The highest BCUT2D eigenvalue weighted by Crippen LogP contribution is 2.27. The Bertz CT molecular complexity index is 727. The molecule has 5 heteroatoms. The molecule has 0 bridgehead atoms. The molecule has 4 nitrogen and oxygen atoms in total. The van der Waals surface area contributed by atoms with Gasteiger partial charge in [-0.1, -0.05) is 24.3 Å². The third-order valence-corrected chi connectivity index (χ3v) is 3.41. The molecule has 2 aromatic rings. The van der Waals surface area contributed by atoms with Gasteiger partial charge in [-0.2, -0.15) is 5.10 Å². The second kappa shape index (κ2) is 5.36. The number of halogens is 1. The highest BCUT2D eigenvalue weighted by molar-refractivity contribution is 6.05. The fourth-order valence-corrected chi connectivity index (χ4v) is 2.38. The summed E-state index contributed by atoms with van der Waals surface area (Å²) in [6, 6.07) is 11.8. The summed E-state index contributed by atoms with van der Waals surface area (Å²) < 4.78 is 13.6. The van der Waals surface area contributed by atoms with E-state index in [4.69, 9.17) is 0 Å². The van der Waals surface area contributed by atoms with Crippen LogP contribution in [-0.2, 0) is 0 Å². The van der Waals surface area contributed by atoms with Gasteiger partial charge in [0.2, 0.25) is 0 Å². The van der Waals surface area contributed by atoms with Crippen molar-refractivity contribution in [2.24, 2.45) is 5.10 Å². The van der Waals surface area contributed by atoms with Gasteiger partial charge in [0.15, 0.2) is 5.84 Å². The van der Waals surface area contributed by atoms with Gasteiger partial charge in [0, 0.05) is 18.2 Å². The molecule has 0 saturated carbocycles. The molecule has 0 atom stereocenters. The van der Waals surface area contributed by atoms with E-state index in [-0.39, 0.29) is 5.82 Å². The van der Waals surface area contributed by atoms with E-state index in [2.05, 4.69) is 10.5 Å². The minimum atomic E-state index is -0.316. The Morgan fingerprint density at radius 2 is 2.10 bits per heavy atom. The summed E-state index contributed by atoms with van der Waals surface area (Å²) in [5.74, 6) is 0.365. The summed E-state index contributed by atoms with van der Waals surface area (Å²) in [5.41, 5.74) is 5.86. The summed E-state index contributed by atoms with van der Waals surface area (Å²) in [5, 5.41) is 4.21. The van der Waals surface area contributed by atoms with Crippen LogP contribution in [-0.4, -0.2) is 30.7 Å². The van der Waals surface area contributed by atoms with Gasteiger partial charge in [-0.15, -0.1) is 0 Å². The molecule has 0 radical (unpaired) electrons. The van der Waals surface area contributed by atoms with Crippen molar-refractivity contribution in [1.82, 2.24) is 10.3 Å². The number of hydrazone groups is 1. The van der Waals surface area contributed by atoms with E-state index in [0.717, 1.165) is 17.4 Å². The number of nitrogens with one attached hydrogen (secondary N) is 1. The van der Waals surface area contributed by atoms with Gasteiger partial charge in [-0.3, -0.25) is 10.2 Å². The normalized spacial score (nSPS) is 13.8. The molecule has 3 rings (SSSR count). The highest BCUT2D eigenvalue weighted by atomic mass is 19.1. The molecule has 0 unspecified atom stereocenters. The lowest BCUT2D eigenvalue weighted by molar-refractivity contribution is 0.112. The van der Waals surface area contributed by atoms with Crippen molar-refractivity contribution in [3.8, 4) is 11.1 Å². The molecule has 2 aromatic carbocycles. The summed E-state index contributed by atoms with van der Waals surface area (Å²) in [6.07, 6.45) is 0.799. The molecule has 0 amide bonds. The Hall–Kier alpha value is -2.69. The van der Waals surface area contributed by atoms with E-state index in [1.54, 1.807) is 18.2 Å². The molecular weight excluding hydrogens is 269 g/mol. The predicted molar refractivity (Wildman–Crippen MR) is 79.5 cm³/mol. The number of aldehydes is 1. The van der Waals surface area contributed by atoms with Crippen LogP contribution in [0, 0.1) is 5.82 Å². The van der Waals surface area contributed by atoms with E-state index in [9.17, 15) is 9.18 Å². The molecule has 0 spiro atoms. The first-order valence-electron chi connectivity index (χ1n) is 6.56. The summed E-state index contributed by atoms with van der Waals surface area (Å²) in [6.45, 7) is 0.583. The quantitative estimate of drug-likeness (QED) is 0.880. The molecule has 1 aliphatic heterocycles. The summed E-state index contributed by atoms with van der Waals surface area (Å²) in [4.78, 5) is 12.8. The molecule has 1 aliphatic rings. The fourth-order valence-electron chi connectivity index (χ4n) is 2.38. The van der Waals surface area contributed by atoms with Crippen LogP contribution in [0.25, 0.3) is 11.1 Å². The second-order valence-corrected chi connectivity index (χ2v) is 4.88. The average molecular weight is 283 g/mol. The Morgan fingerprint density at radius 1 is 1.24 bits per heavy atom. The minimum Gasteiger partial charge on any atom is -0.339 e. The van der Waals surface area contributed by atoms with Crippen LogP contribution in [0.5, 0.6) is 0 Å². The molecule has 0 saturated heterocycles. The Kier molecular flexibility index (Phi) is 3.39. The zero-order valence-corrected chi connectivity index (χ0v) is 11.5. The van der Waals surface area contributed by atoms with Crippen molar-refractivity contribution >= 4 is 12.1 Å². The maximum atomic E-state index is 13.6. The Labute approximate surface area is 121 Å². The SMILES string of the molecule is CN1CNN=C1c1cc(F)ccc1-c1cccc(C=O)c1. The monoisotopic (exact) mass is 283 g/mol. The topological polar surface area (TPSA) is 44.7 Å². The number of hydrogen-bond acceptors (Lipinski definition) is 4. The number of rotatable bonds is 3. The zero-order chi connectivity index (χ0) is 14.8. The van der Waals surface area contributed by atoms with E-state index in [0.29, 0.717) is 23.6 Å². The van der Waals surface area contributed by atoms with E-state index in [1.807, 2.05) is 24.1 Å². The summed E-state index contributed by atoms with van der Waals surface area (Å²) in [7, 11) is 1.88. The molecule has 106 valence electrons. The van der Waals surface area contributed by atoms with Gasteiger partial charge in [-0.25, -0.2) is 4.39 Å². The van der Waals surface area contributed by atoms with Crippen molar-refractivity contribution in [3.05, 3.63) is 59.4 Å². The first-order valence-corrected chi connectivity index (χ1v) is 6.56. The van der Waals surface area contributed by atoms with Gasteiger partial charge < -0.3 is 4.90 Å². The molecule has 0 fully saturated rings. The Balaban J connectivity index is 2.16. The van der Waals surface area contributed by atoms with Gasteiger partial charge in [0.25, 0.3) is 0 Å². The van der Waals surface area contributed by atoms with Crippen molar-refractivity contribution in [2.45, 2.75) is 0 Å².